The Hall–Kier alpha value is -2.72. The van der Waals surface area contributed by atoms with E-state index in [1.54, 1.807) is 74.5 Å². The van der Waals surface area contributed by atoms with Crippen molar-refractivity contribution in [2.24, 2.45) is 0 Å². The zero-order valence-electron chi connectivity index (χ0n) is 16.1. The van der Waals surface area contributed by atoms with Crippen LogP contribution in [0.1, 0.15) is 25.0 Å². The second-order valence-corrected chi connectivity index (χ2v) is 10.0. The zero-order valence-corrected chi connectivity index (χ0v) is 17.8. The number of aromatic hydroxyl groups is 1. The molecule has 0 aliphatic carbocycles. The predicted octanol–water partition coefficient (Wildman–Crippen LogP) is 3.88. The Morgan fingerprint density at radius 1 is 0.767 bits per heavy atom. The van der Waals surface area contributed by atoms with Crippen molar-refractivity contribution in [3.05, 3.63) is 77.9 Å². The molecule has 0 aromatic heterocycles. The molecular formula is C21H20O7S2. The van der Waals surface area contributed by atoms with Crippen LogP contribution in [0, 0.1) is 0 Å². The van der Waals surface area contributed by atoms with Crippen molar-refractivity contribution in [1.82, 2.24) is 0 Å². The molecule has 0 aliphatic rings. The van der Waals surface area contributed by atoms with Crippen LogP contribution in [-0.2, 0) is 25.7 Å². The van der Waals surface area contributed by atoms with Crippen LogP contribution in [0.15, 0.2) is 76.5 Å². The van der Waals surface area contributed by atoms with E-state index < -0.39 is 41.2 Å². The summed E-state index contributed by atoms with van der Waals surface area (Å²) in [5, 5.41) is 10.5. The highest BCUT2D eigenvalue weighted by Crippen LogP contribution is 2.47. The molecule has 0 spiro atoms. The first-order valence-corrected chi connectivity index (χ1v) is 11.7. The van der Waals surface area contributed by atoms with Gasteiger partial charge in [0.15, 0.2) is 5.75 Å². The number of phenols is 1. The van der Waals surface area contributed by atoms with Crippen molar-refractivity contribution in [1.29, 1.82) is 0 Å². The van der Waals surface area contributed by atoms with Crippen LogP contribution >= 0.6 is 0 Å². The molecule has 3 aromatic carbocycles. The lowest BCUT2D eigenvalue weighted by Crippen LogP contribution is -2.22. The molecule has 0 aliphatic heterocycles. The number of phenolic OH excluding ortho intramolecular Hbond substituents is 1. The molecule has 3 N–H and O–H groups in total. The first-order chi connectivity index (χ1) is 13.8. The third kappa shape index (κ3) is 3.97. The molecule has 0 bridgehead atoms. The van der Waals surface area contributed by atoms with Gasteiger partial charge < -0.3 is 5.11 Å². The molecule has 0 amide bonds. The topological polar surface area (TPSA) is 129 Å². The first kappa shape index (κ1) is 22.0. The average Bonchev–Trinajstić information content (AvgIpc) is 2.66. The minimum atomic E-state index is -5.09. The fraction of sp³-hybridized carbons (Fsp3) is 0.143. The molecule has 158 valence electrons. The Kier molecular flexibility index (Phi) is 5.50. The summed E-state index contributed by atoms with van der Waals surface area (Å²) in [5.74, 6) is -1.24. The van der Waals surface area contributed by atoms with E-state index in [1.807, 2.05) is 0 Å². The smallest absolute Gasteiger partial charge is 0.298 e. The van der Waals surface area contributed by atoms with Gasteiger partial charge in [-0.3, -0.25) is 9.11 Å². The van der Waals surface area contributed by atoms with E-state index in [2.05, 4.69) is 0 Å². The van der Waals surface area contributed by atoms with Crippen LogP contribution in [0.25, 0.3) is 11.1 Å². The van der Waals surface area contributed by atoms with Gasteiger partial charge in [0.1, 0.15) is 9.79 Å². The number of hydrogen-bond donors (Lipinski definition) is 3. The van der Waals surface area contributed by atoms with E-state index in [4.69, 9.17) is 0 Å². The molecule has 0 saturated carbocycles. The van der Waals surface area contributed by atoms with E-state index in [-0.39, 0.29) is 11.1 Å². The summed E-state index contributed by atoms with van der Waals surface area (Å²) in [6.07, 6.45) is 0. The van der Waals surface area contributed by atoms with E-state index >= 15 is 0 Å². The van der Waals surface area contributed by atoms with Gasteiger partial charge in [-0.2, -0.15) is 16.8 Å². The van der Waals surface area contributed by atoms with Crippen molar-refractivity contribution < 1.29 is 31.0 Å². The van der Waals surface area contributed by atoms with Gasteiger partial charge in [-0.15, -0.1) is 0 Å². The maximum atomic E-state index is 12.3. The molecule has 9 heteroatoms. The number of benzene rings is 3. The minimum Gasteiger partial charge on any atom is -0.505 e. The standard InChI is InChI=1S/C21H20O7S2/c1-21(2,15-11-7-4-8-12-15)16-13-17(29(23,24)25)19(22)20(30(26,27)28)18(16)14-9-5-3-6-10-14/h3-13,22H,1-2H3,(H,23,24,25)(H,26,27,28). The molecule has 3 aromatic rings. The minimum absolute atomic E-state index is 0.0585. The Labute approximate surface area is 175 Å². The lowest BCUT2D eigenvalue weighted by atomic mass is 9.75. The lowest BCUT2D eigenvalue weighted by Gasteiger charge is -2.30. The van der Waals surface area contributed by atoms with Crippen LogP contribution in [-0.4, -0.2) is 31.0 Å². The predicted molar refractivity (Wildman–Crippen MR) is 112 cm³/mol. The van der Waals surface area contributed by atoms with E-state index in [9.17, 15) is 31.0 Å². The van der Waals surface area contributed by atoms with Crippen LogP contribution in [0.2, 0.25) is 0 Å². The molecule has 0 atom stereocenters. The Bertz CT molecular complexity index is 1300. The quantitative estimate of drug-likeness (QED) is 0.505. The summed E-state index contributed by atoms with van der Waals surface area (Å²) in [6, 6.07) is 18.0. The first-order valence-electron chi connectivity index (χ1n) is 8.81. The van der Waals surface area contributed by atoms with Crippen LogP contribution < -0.4 is 0 Å². The highest BCUT2D eigenvalue weighted by molar-refractivity contribution is 7.87. The van der Waals surface area contributed by atoms with Crippen molar-refractivity contribution in [2.75, 3.05) is 0 Å². The largest absolute Gasteiger partial charge is 0.505 e. The van der Waals surface area contributed by atoms with E-state index in [1.165, 1.54) is 0 Å². The van der Waals surface area contributed by atoms with E-state index in [0.29, 0.717) is 5.56 Å². The van der Waals surface area contributed by atoms with Crippen LogP contribution in [0.5, 0.6) is 5.75 Å². The highest BCUT2D eigenvalue weighted by Gasteiger charge is 2.36. The Morgan fingerprint density at radius 2 is 1.27 bits per heavy atom. The van der Waals surface area contributed by atoms with Crippen molar-refractivity contribution in [3.63, 3.8) is 0 Å². The zero-order chi connectivity index (χ0) is 22.3. The summed E-state index contributed by atoms with van der Waals surface area (Å²) in [5.41, 5.74) is 0.200. The molecular weight excluding hydrogens is 428 g/mol. The van der Waals surface area contributed by atoms with Gasteiger partial charge >= 0.3 is 0 Å². The third-order valence-electron chi connectivity index (χ3n) is 4.99. The molecule has 0 unspecified atom stereocenters. The van der Waals surface area contributed by atoms with Gasteiger partial charge in [-0.05, 0) is 22.8 Å². The van der Waals surface area contributed by atoms with Gasteiger partial charge in [0.05, 0.1) is 0 Å². The molecule has 0 heterocycles. The second kappa shape index (κ2) is 7.51. The van der Waals surface area contributed by atoms with Gasteiger partial charge in [-0.25, -0.2) is 0 Å². The highest BCUT2D eigenvalue weighted by atomic mass is 32.2. The summed E-state index contributed by atoms with van der Waals surface area (Å²) in [6.45, 7) is 3.48. The summed E-state index contributed by atoms with van der Waals surface area (Å²) < 4.78 is 67.9. The SMILES string of the molecule is CC(C)(c1ccccc1)c1cc(S(=O)(=O)O)c(O)c(S(=O)(=O)O)c1-c1ccccc1. The van der Waals surface area contributed by atoms with Crippen molar-refractivity contribution in [3.8, 4) is 16.9 Å². The lowest BCUT2D eigenvalue weighted by molar-refractivity contribution is 0.422. The third-order valence-corrected chi connectivity index (χ3v) is 6.77. The van der Waals surface area contributed by atoms with Crippen LogP contribution in [0.3, 0.4) is 0 Å². The van der Waals surface area contributed by atoms with Crippen molar-refractivity contribution >= 4 is 20.2 Å². The monoisotopic (exact) mass is 448 g/mol. The summed E-state index contributed by atoms with van der Waals surface area (Å²) in [4.78, 5) is -1.99. The summed E-state index contributed by atoms with van der Waals surface area (Å²) >= 11 is 0. The number of hydrogen-bond acceptors (Lipinski definition) is 5. The molecule has 0 fully saturated rings. The van der Waals surface area contributed by atoms with Gasteiger partial charge in [-0.1, -0.05) is 74.5 Å². The fourth-order valence-corrected chi connectivity index (χ4v) is 4.98. The second-order valence-electron chi connectivity index (χ2n) is 7.28. The van der Waals surface area contributed by atoms with Gasteiger partial charge in [0, 0.05) is 11.0 Å². The summed E-state index contributed by atoms with van der Waals surface area (Å²) in [7, 11) is -10.1. The fourth-order valence-electron chi connectivity index (χ4n) is 3.47. The average molecular weight is 449 g/mol. The van der Waals surface area contributed by atoms with Crippen LogP contribution in [0.4, 0.5) is 0 Å². The maximum Gasteiger partial charge on any atom is 0.298 e. The Morgan fingerprint density at radius 3 is 1.73 bits per heavy atom. The number of rotatable bonds is 5. The molecule has 0 saturated heterocycles. The molecule has 7 nitrogen and oxygen atoms in total. The van der Waals surface area contributed by atoms with Crippen molar-refractivity contribution in [2.45, 2.75) is 29.1 Å². The molecule has 3 rings (SSSR count). The normalized spacial score (nSPS) is 12.7. The molecule has 0 radical (unpaired) electrons. The Balaban J connectivity index is 2.59. The van der Waals surface area contributed by atoms with Gasteiger partial charge in [0.25, 0.3) is 20.2 Å². The maximum absolute atomic E-state index is 12.3. The van der Waals surface area contributed by atoms with Gasteiger partial charge in [0.2, 0.25) is 0 Å². The molecule has 30 heavy (non-hydrogen) atoms. The van der Waals surface area contributed by atoms with E-state index in [0.717, 1.165) is 11.6 Å².